The van der Waals surface area contributed by atoms with Gasteiger partial charge in [-0.2, -0.15) is 5.10 Å². The quantitative estimate of drug-likeness (QED) is 0.612. The first-order chi connectivity index (χ1) is 15.3. The van der Waals surface area contributed by atoms with Gasteiger partial charge in [0.15, 0.2) is 5.69 Å². The van der Waals surface area contributed by atoms with Gasteiger partial charge in [0.1, 0.15) is 23.8 Å². The van der Waals surface area contributed by atoms with Crippen LogP contribution >= 0.6 is 0 Å². The van der Waals surface area contributed by atoms with Gasteiger partial charge in [-0.3, -0.25) is 14.4 Å². The van der Waals surface area contributed by atoms with E-state index >= 15 is 0 Å². The summed E-state index contributed by atoms with van der Waals surface area (Å²) in [5, 5.41) is 6.80. The third-order valence-corrected chi connectivity index (χ3v) is 4.78. The molecule has 0 saturated heterocycles. The van der Waals surface area contributed by atoms with E-state index in [1.165, 1.54) is 41.0 Å². The highest BCUT2D eigenvalue weighted by molar-refractivity contribution is 5.99. The highest BCUT2D eigenvalue weighted by atomic mass is 19.1. The van der Waals surface area contributed by atoms with Crippen molar-refractivity contribution >= 4 is 17.5 Å². The van der Waals surface area contributed by atoms with E-state index in [9.17, 15) is 18.8 Å². The fourth-order valence-electron chi connectivity index (χ4n) is 3.15. The van der Waals surface area contributed by atoms with E-state index in [4.69, 9.17) is 4.74 Å². The number of hydrogen-bond donors (Lipinski definition) is 1. The largest absolute Gasteiger partial charge is 0.495 e. The number of aromatic nitrogens is 2. The van der Waals surface area contributed by atoms with Crippen LogP contribution in [0.4, 0.5) is 10.1 Å². The lowest BCUT2D eigenvalue weighted by Gasteiger charge is -2.21. The SMILES string of the molecule is CCN(CC(=O)Nc1ccccc1OC)C(=O)c1nn(-c2ccccc2F)c(C)cc1=O. The van der Waals surface area contributed by atoms with Crippen molar-refractivity contribution in [2.75, 3.05) is 25.5 Å². The minimum absolute atomic E-state index is 0.107. The highest BCUT2D eigenvalue weighted by Crippen LogP contribution is 2.23. The summed E-state index contributed by atoms with van der Waals surface area (Å²) in [4.78, 5) is 39.3. The van der Waals surface area contributed by atoms with Gasteiger partial charge < -0.3 is 15.0 Å². The van der Waals surface area contributed by atoms with Crippen molar-refractivity contribution in [1.29, 1.82) is 0 Å². The molecule has 0 atom stereocenters. The van der Waals surface area contributed by atoms with Gasteiger partial charge in [-0.15, -0.1) is 0 Å². The van der Waals surface area contributed by atoms with Gasteiger partial charge in [0.2, 0.25) is 11.3 Å². The second-order valence-corrected chi connectivity index (χ2v) is 6.93. The number of anilines is 1. The van der Waals surface area contributed by atoms with Crippen molar-refractivity contribution in [3.05, 3.63) is 82.0 Å². The highest BCUT2D eigenvalue weighted by Gasteiger charge is 2.23. The van der Waals surface area contributed by atoms with Gasteiger partial charge in [-0.25, -0.2) is 9.07 Å². The molecule has 0 spiro atoms. The van der Waals surface area contributed by atoms with Crippen LogP contribution in [0.3, 0.4) is 0 Å². The minimum Gasteiger partial charge on any atom is -0.495 e. The van der Waals surface area contributed by atoms with E-state index in [2.05, 4.69) is 10.4 Å². The van der Waals surface area contributed by atoms with Crippen molar-refractivity contribution in [3.63, 3.8) is 0 Å². The number of rotatable bonds is 7. The summed E-state index contributed by atoms with van der Waals surface area (Å²) >= 11 is 0. The number of likely N-dealkylation sites (N-methyl/N-ethyl adjacent to an activating group) is 1. The van der Waals surface area contributed by atoms with Crippen LogP contribution in [-0.4, -0.2) is 46.7 Å². The number of carbonyl (C=O) groups is 2. The molecule has 0 aliphatic carbocycles. The molecule has 3 rings (SSSR count). The molecule has 0 saturated carbocycles. The standard InChI is InChI=1S/C23H23FN4O4/c1-4-27(14-21(30)25-17-10-6-8-12-20(17)32-3)23(31)22-19(29)13-15(2)28(26-22)18-11-7-5-9-16(18)24/h5-13H,4,14H2,1-3H3,(H,25,30). The predicted octanol–water partition coefficient (Wildman–Crippen LogP) is 2.79. The van der Waals surface area contributed by atoms with Crippen LogP contribution < -0.4 is 15.5 Å². The summed E-state index contributed by atoms with van der Waals surface area (Å²) in [6.07, 6.45) is 0. The number of carbonyl (C=O) groups excluding carboxylic acids is 2. The van der Waals surface area contributed by atoms with E-state index < -0.39 is 28.8 Å². The maximum atomic E-state index is 14.3. The maximum Gasteiger partial charge on any atom is 0.278 e. The number of aryl methyl sites for hydroxylation is 1. The average molecular weight is 438 g/mol. The molecule has 0 aliphatic heterocycles. The number of benzene rings is 2. The molecule has 0 aliphatic rings. The molecular weight excluding hydrogens is 415 g/mol. The summed E-state index contributed by atoms with van der Waals surface area (Å²) in [7, 11) is 1.48. The van der Waals surface area contributed by atoms with Crippen molar-refractivity contribution in [2.24, 2.45) is 0 Å². The van der Waals surface area contributed by atoms with Crippen molar-refractivity contribution in [1.82, 2.24) is 14.7 Å². The Labute approximate surface area is 184 Å². The van der Waals surface area contributed by atoms with Crippen LogP contribution in [0.5, 0.6) is 5.75 Å². The smallest absolute Gasteiger partial charge is 0.278 e. The molecule has 2 aromatic carbocycles. The Morgan fingerprint density at radius 1 is 1.16 bits per heavy atom. The third-order valence-electron chi connectivity index (χ3n) is 4.78. The summed E-state index contributed by atoms with van der Waals surface area (Å²) < 4.78 is 20.7. The molecule has 166 valence electrons. The Balaban J connectivity index is 1.86. The second-order valence-electron chi connectivity index (χ2n) is 6.93. The molecule has 9 heteroatoms. The molecule has 1 aromatic heterocycles. The number of nitrogens with zero attached hydrogens (tertiary/aromatic N) is 3. The van der Waals surface area contributed by atoms with Gasteiger partial charge in [0.25, 0.3) is 5.91 Å². The Bertz CT molecular complexity index is 1210. The van der Waals surface area contributed by atoms with Gasteiger partial charge in [-0.1, -0.05) is 24.3 Å². The van der Waals surface area contributed by atoms with Crippen LogP contribution in [0.15, 0.2) is 59.4 Å². The normalized spacial score (nSPS) is 10.5. The lowest BCUT2D eigenvalue weighted by molar-refractivity contribution is -0.116. The van der Waals surface area contributed by atoms with E-state index in [1.54, 1.807) is 44.2 Å². The molecule has 1 N–H and O–H groups in total. The van der Waals surface area contributed by atoms with Gasteiger partial charge in [0, 0.05) is 18.3 Å². The van der Waals surface area contributed by atoms with Crippen molar-refractivity contribution in [2.45, 2.75) is 13.8 Å². The Morgan fingerprint density at radius 2 is 1.84 bits per heavy atom. The number of amides is 2. The molecule has 8 nitrogen and oxygen atoms in total. The zero-order valence-corrected chi connectivity index (χ0v) is 18.0. The summed E-state index contributed by atoms with van der Waals surface area (Å²) in [6.45, 7) is 3.13. The molecule has 2 amide bonds. The lowest BCUT2D eigenvalue weighted by Crippen LogP contribution is -2.41. The van der Waals surface area contributed by atoms with E-state index in [1.807, 2.05) is 0 Å². The lowest BCUT2D eigenvalue weighted by atomic mass is 10.2. The minimum atomic E-state index is -0.724. The Hall–Kier alpha value is -4.01. The van der Waals surface area contributed by atoms with E-state index in [-0.39, 0.29) is 18.8 Å². The van der Waals surface area contributed by atoms with Crippen molar-refractivity contribution in [3.8, 4) is 11.4 Å². The van der Waals surface area contributed by atoms with Gasteiger partial charge in [-0.05, 0) is 38.1 Å². The topological polar surface area (TPSA) is 93.5 Å². The van der Waals surface area contributed by atoms with Crippen molar-refractivity contribution < 1.29 is 18.7 Å². The van der Waals surface area contributed by atoms with Gasteiger partial charge >= 0.3 is 0 Å². The molecule has 1 heterocycles. The van der Waals surface area contributed by atoms with Crippen LogP contribution in [0.25, 0.3) is 5.69 Å². The maximum absolute atomic E-state index is 14.3. The molecule has 0 radical (unpaired) electrons. The van der Waals surface area contributed by atoms with Crippen LogP contribution in [0.2, 0.25) is 0 Å². The molecule has 0 bridgehead atoms. The zero-order chi connectivity index (χ0) is 23.3. The third kappa shape index (κ3) is 4.83. The molecule has 0 unspecified atom stereocenters. The van der Waals surface area contributed by atoms with E-state index in [0.717, 1.165) is 0 Å². The van der Waals surface area contributed by atoms with Crippen LogP contribution in [-0.2, 0) is 4.79 Å². The summed E-state index contributed by atoms with van der Waals surface area (Å²) in [5.41, 5.74) is -0.0713. The Kier molecular flexibility index (Phi) is 6.99. The molecule has 3 aromatic rings. The first kappa shape index (κ1) is 22.7. The van der Waals surface area contributed by atoms with E-state index in [0.29, 0.717) is 17.1 Å². The summed E-state index contributed by atoms with van der Waals surface area (Å²) in [6, 6.07) is 14.0. The molecular formula is C23H23FN4O4. The number of nitrogens with one attached hydrogen (secondary N) is 1. The second kappa shape index (κ2) is 9.86. The number of para-hydroxylation sites is 3. The summed E-state index contributed by atoms with van der Waals surface area (Å²) in [5.74, 6) is -1.26. The Morgan fingerprint density at radius 3 is 2.53 bits per heavy atom. The predicted molar refractivity (Wildman–Crippen MR) is 118 cm³/mol. The number of methoxy groups -OCH3 is 1. The van der Waals surface area contributed by atoms with Crippen LogP contribution in [0.1, 0.15) is 23.1 Å². The number of hydrogen-bond acceptors (Lipinski definition) is 5. The fraction of sp³-hybridized carbons (Fsp3) is 0.217. The monoisotopic (exact) mass is 438 g/mol. The fourth-order valence-corrected chi connectivity index (χ4v) is 3.15. The zero-order valence-electron chi connectivity index (χ0n) is 18.0. The molecule has 0 fully saturated rings. The van der Waals surface area contributed by atoms with Gasteiger partial charge in [0.05, 0.1) is 12.8 Å². The first-order valence-electron chi connectivity index (χ1n) is 9.93. The number of ether oxygens (including phenoxy) is 1. The number of halogens is 1. The molecule has 32 heavy (non-hydrogen) atoms. The average Bonchev–Trinajstić information content (AvgIpc) is 2.78. The van der Waals surface area contributed by atoms with Crippen LogP contribution in [0, 0.1) is 12.7 Å². The first-order valence-corrected chi connectivity index (χ1v) is 9.93.